The van der Waals surface area contributed by atoms with E-state index in [-0.39, 0.29) is 42.5 Å². The molecule has 164 valence electrons. The molecule has 9 nitrogen and oxygen atoms in total. The Hall–Kier alpha value is -3.75. The van der Waals surface area contributed by atoms with Crippen molar-refractivity contribution >= 4 is 23.5 Å². The van der Waals surface area contributed by atoms with Crippen molar-refractivity contribution in [3.05, 3.63) is 75.8 Å². The summed E-state index contributed by atoms with van der Waals surface area (Å²) in [6.07, 6.45) is -0.313. The fourth-order valence-electron chi connectivity index (χ4n) is 3.05. The third-order valence-corrected chi connectivity index (χ3v) is 4.69. The molecule has 0 aliphatic heterocycles. The average Bonchev–Trinajstić information content (AvgIpc) is 2.77. The monoisotopic (exact) mass is 427 g/mol. The predicted octanol–water partition coefficient (Wildman–Crippen LogP) is 2.45. The van der Waals surface area contributed by atoms with E-state index in [0.29, 0.717) is 0 Å². The average molecular weight is 427 g/mol. The van der Waals surface area contributed by atoms with Gasteiger partial charge in [-0.15, -0.1) is 0 Å². The van der Waals surface area contributed by atoms with Crippen molar-refractivity contribution in [3.63, 3.8) is 0 Å². The third kappa shape index (κ3) is 7.22. The smallest absolute Gasteiger partial charge is 0.328 e. The fourth-order valence-corrected chi connectivity index (χ4v) is 3.05. The minimum Gasteiger partial charge on any atom is -0.467 e. The van der Waals surface area contributed by atoms with Crippen LogP contribution in [0.25, 0.3) is 0 Å². The van der Waals surface area contributed by atoms with Crippen LogP contribution in [-0.2, 0) is 25.5 Å². The second-order valence-corrected chi connectivity index (χ2v) is 6.93. The molecule has 0 bridgehead atoms. The summed E-state index contributed by atoms with van der Waals surface area (Å²) in [6, 6.07) is 14.0. The highest BCUT2D eigenvalue weighted by molar-refractivity contribution is 5.87. The van der Waals surface area contributed by atoms with Crippen molar-refractivity contribution < 1.29 is 24.0 Å². The number of nitrogens with zero attached hydrogens (tertiary/aromatic N) is 1. The molecule has 0 unspecified atom stereocenters. The highest BCUT2D eigenvalue weighted by Crippen LogP contribution is 2.19. The molecule has 0 aliphatic carbocycles. The van der Waals surface area contributed by atoms with Crippen LogP contribution in [0.1, 0.15) is 36.9 Å². The number of ether oxygens (including phenoxy) is 1. The molecule has 2 N–H and O–H groups in total. The Kier molecular flexibility index (Phi) is 8.68. The number of para-hydroxylation sites is 1. The van der Waals surface area contributed by atoms with E-state index < -0.39 is 22.8 Å². The Bertz CT molecular complexity index is 932. The largest absolute Gasteiger partial charge is 0.467 e. The van der Waals surface area contributed by atoms with Gasteiger partial charge < -0.3 is 15.4 Å². The lowest BCUT2D eigenvalue weighted by Gasteiger charge is -2.17. The van der Waals surface area contributed by atoms with Crippen molar-refractivity contribution in [1.82, 2.24) is 10.6 Å². The van der Waals surface area contributed by atoms with E-state index in [9.17, 15) is 24.5 Å². The molecule has 0 aliphatic rings. The molecule has 0 heterocycles. The summed E-state index contributed by atoms with van der Waals surface area (Å²) in [5.74, 6) is -1.56. The van der Waals surface area contributed by atoms with E-state index in [1.165, 1.54) is 25.3 Å². The van der Waals surface area contributed by atoms with Gasteiger partial charge in [-0.05, 0) is 12.5 Å². The Morgan fingerprint density at radius 2 is 1.55 bits per heavy atom. The number of carbonyl (C=O) groups excluding carboxylic acids is 3. The van der Waals surface area contributed by atoms with Crippen LogP contribution in [0.4, 0.5) is 5.69 Å². The Morgan fingerprint density at radius 3 is 2.16 bits per heavy atom. The number of nitrogens with one attached hydrogen (secondary N) is 2. The third-order valence-electron chi connectivity index (χ3n) is 4.69. The van der Waals surface area contributed by atoms with Crippen molar-refractivity contribution in [2.45, 2.75) is 38.3 Å². The standard InChI is InChI=1S/C22H25N3O6/c1-15(16-8-4-3-5-9-16)23-20(26)12-13-21(27)24-18(22(28)31-2)14-17-10-6-7-11-19(17)25(29)30/h3-11,15,18H,12-14H2,1-2H3,(H,23,26)(H,24,27)/t15-,18+/m1/s1. The number of benzene rings is 2. The second-order valence-electron chi connectivity index (χ2n) is 6.93. The summed E-state index contributed by atoms with van der Waals surface area (Å²) in [6.45, 7) is 1.84. The molecule has 2 atom stereocenters. The zero-order valence-electron chi connectivity index (χ0n) is 17.4. The van der Waals surface area contributed by atoms with E-state index >= 15 is 0 Å². The van der Waals surface area contributed by atoms with Crippen molar-refractivity contribution in [3.8, 4) is 0 Å². The Balaban J connectivity index is 1.93. The van der Waals surface area contributed by atoms with Gasteiger partial charge in [-0.3, -0.25) is 19.7 Å². The zero-order valence-corrected chi connectivity index (χ0v) is 17.4. The van der Waals surface area contributed by atoms with E-state index in [1.54, 1.807) is 6.07 Å². The van der Waals surface area contributed by atoms with Gasteiger partial charge in [0.25, 0.3) is 5.69 Å². The number of hydrogen-bond donors (Lipinski definition) is 2. The minimum absolute atomic E-state index is 0.0671. The van der Waals surface area contributed by atoms with Gasteiger partial charge in [0, 0.05) is 30.9 Å². The first-order valence-corrected chi connectivity index (χ1v) is 9.75. The van der Waals surface area contributed by atoms with Crippen LogP contribution in [-0.4, -0.2) is 35.9 Å². The van der Waals surface area contributed by atoms with Crippen LogP contribution in [0, 0.1) is 10.1 Å². The Morgan fingerprint density at radius 1 is 0.968 bits per heavy atom. The lowest BCUT2D eigenvalue weighted by Crippen LogP contribution is -2.43. The molecule has 0 saturated carbocycles. The first kappa shape index (κ1) is 23.5. The van der Waals surface area contributed by atoms with Gasteiger partial charge in [-0.2, -0.15) is 0 Å². The molecule has 9 heteroatoms. The van der Waals surface area contributed by atoms with Gasteiger partial charge in [0.05, 0.1) is 18.1 Å². The van der Waals surface area contributed by atoms with Crippen LogP contribution >= 0.6 is 0 Å². The van der Waals surface area contributed by atoms with E-state index in [1.807, 2.05) is 37.3 Å². The molecule has 0 aromatic heterocycles. The molecule has 2 aromatic carbocycles. The molecule has 31 heavy (non-hydrogen) atoms. The molecular formula is C22H25N3O6. The minimum atomic E-state index is -1.11. The van der Waals surface area contributed by atoms with Crippen molar-refractivity contribution in [2.24, 2.45) is 0 Å². The van der Waals surface area contributed by atoms with Gasteiger partial charge in [-0.1, -0.05) is 48.5 Å². The quantitative estimate of drug-likeness (QED) is 0.341. The number of esters is 1. The van der Waals surface area contributed by atoms with E-state index in [2.05, 4.69) is 10.6 Å². The van der Waals surface area contributed by atoms with Crippen LogP contribution in [0.2, 0.25) is 0 Å². The number of carbonyl (C=O) groups is 3. The second kappa shape index (κ2) is 11.4. The van der Waals surface area contributed by atoms with Crippen molar-refractivity contribution in [2.75, 3.05) is 7.11 Å². The molecule has 0 radical (unpaired) electrons. The molecule has 0 saturated heterocycles. The van der Waals surface area contributed by atoms with Gasteiger partial charge in [0.2, 0.25) is 11.8 Å². The predicted molar refractivity (Wildman–Crippen MR) is 113 cm³/mol. The zero-order chi connectivity index (χ0) is 22.8. The molecule has 2 aromatic rings. The summed E-state index contributed by atoms with van der Waals surface area (Å²) in [5, 5.41) is 16.5. The number of nitro benzene ring substituents is 1. The van der Waals surface area contributed by atoms with Crippen molar-refractivity contribution in [1.29, 1.82) is 0 Å². The highest BCUT2D eigenvalue weighted by Gasteiger charge is 2.25. The first-order chi connectivity index (χ1) is 14.8. The van der Waals surface area contributed by atoms with Crippen LogP contribution in [0.3, 0.4) is 0 Å². The van der Waals surface area contributed by atoms with Gasteiger partial charge in [0.1, 0.15) is 6.04 Å². The van der Waals surface area contributed by atoms with Crippen LogP contribution in [0.5, 0.6) is 0 Å². The highest BCUT2D eigenvalue weighted by atomic mass is 16.6. The van der Waals surface area contributed by atoms with E-state index in [4.69, 9.17) is 4.74 Å². The molecular weight excluding hydrogens is 402 g/mol. The number of methoxy groups -OCH3 is 1. The van der Waals surface area contributed by atoms with Gasteiger partial charge in [-0.25, -0.2) is 4.79 Å². The summed E-state index contributed by atoms with van der Waals surface area (Å²) in [4.78, 5) is 47.2. The number of nitro groups is 1. The maximum absolute atomic E-state index is 12.3. The Labute approximate surface area is 179 Å². The maximum Gasteiger partial charge on any atom is 0.328 e. The topological polar surface area (TPSA) is 128 Å². The fraction of sp³-hybridized carbons (Fsp3) is 0.318. The molecule has 2 rings (SSSR count). The number of amides is 2. The number of hydrogen-bond acceptors (Lipinski definition) is 6. The maximum atomic E-state index is 12.3. The summed E-state index contributed by atoms with van der Waals surface area (Å²) < 4.78 is 4.71. The summed E-state index contributed by atoms with van der Waals surface area (Å²) in [5.41, 5.74) is 1.08. The lowest BCUT2D eigenvalue weighted by molar-refractivity contribution is -0.385. The SMILES string of the molecule is COC(=O)[C@H](Cc1ccccc1[N+](=O)[O-])NC(=O)CCC(=O)N[C@H](C)c1ccccc1. The van der Waals surface area contributed by atoms with E-state index in [0.717, 1.165) is 5.56 Å². The van der Waals surface area contributed by atoms with Gasteiger partial charge in [0.15, 0.2) is 0 Å². The normalized spacial score (nSPS) is 12.3. The molecule has 0 spiro atoms. The summed E-state index contributed by atoms with van der Waals surface area (Å²) >= 11 is 0. The van der Waals surface area contributed by atoms with Crippen LogP contribution in [0.15, 0.2) is 54.6 Å². The van der Waals surface area contributed by atoms with Crippen LogP contribution < -0.4 is 10.6 Å². The first-order valence-electron chi connectivity index (χ1n) is 9.75. The number of rotatable bonds is 10. The molecule has 0 fully saturated rings. The summed E-state index contributed by atoms with van der Waals surface area (Å²) in [7, 11) is 1.17. The van der Waals surface area contributed by atoms with Gasteiger partial charge >= 0.3 is 5.97 Å². The lowest BCUT2D eigenvalue weighted by atomic mass is 10.0. The molecule has 2 amide bonds.